The molecule has 0 unspecified atom stereocenters. The maximum Gasteiger partial charge on any atom is 0.678 e. The van der Waals surface area contributed by atoms with Gasteiger partial charge in [0.25, 0.3) is 0 Å². The molecule has 0 aliphatic carbocycles. The Morgan fingerprint density at radius 3 is 1.19 bits per heavy atom. The van der Waals surface area contributed by atoms with Gasteiger partial charge in [0.05, 0.1) is 0 Å². The van der Waals surface area contributed by atoms with Crippen molar-refractivity contribution in [3.8, 4) is 0 Å². The molecule has 9 heteroatoms. The summed E-state index contributed by atoms with van der Waals surface area (Å²) in [7, 11) is 4.49. The van der Waals surface area contributed by atoms with Crippen molar-refractivity contribution in [3.63, 3.8) is 0 Å². The predicted octanol–water partition coefficient (Wildman–Crippen LogP) is 4.16. The van der Waals surface area contributed by atoms with Gasteiger partial charge in [-0.3, -0.25) is 0 Å². The third-order valence-electron chi connectivity index (χ3n) is 4.84. The van der Waals surface area contributed by atoms with Crippen molar-refractivity contribution in [1.82, 2.24) is 0 Å². The Balaban J connectivity index is 3.46. The van der Waals surface area contributed by atoms with Crippen LogP contribution in [0.15, 0.2) is 0 Å². The van der Waals surface area contributed by atoms with Crippen LogP contribution in [-0.2, 0) is 31.0 Å². The van der Waals surface area contributed by atoms with Gasteiger partial charge < -0.3 is 31.0 Å². The summed E-state index contributed by atoms with van der Waals surface area (Å²) in [5.41, 5.74) is 0. The standard InChI is InChI=1S/C18H42O7Si2/c1-19-26(20-2,21-3)18-16-14-12-10-8-7-9-11-13-15-17-25-27(22-4,23-5)24-6/h7-18H2,1-6H3. The lowest BCUT2D eigenvalue weighted by molar-refractivity contribution is 0.00504. The van der Waals surface area contributed by atoms with Crippen LogP contribution >= 0.6 is 0 Å². The Hall–Kier alpha value is 0.154. The lowest BCUT2D eigenvalue weighted by atomic mass is 10.1. The van der Waals surface area contributed by atoms with Crippen molar-refractivity contribution in [3.05, 3.63) is 0 Å². The second-order valence-corrected chi connectivity index (χ2v) is 12.1. The largest absolute Gasteiger partial charge is 0.678 e. The number of unbranched alkanes of at least 4 members (excludes halogenated alkanes) is 9. The van der Waals surface area contributed by atoms with Crippen molar-refractivity contribution in [2.75, 3.05) is 49.3 Å². The normalized spacial score (nSPS) is 12.7. The Morgan fingerprint density at radius 1 is 0.444 bits per heavy atom. The molecular formula is C18H42O7Si2. The third kappa shape index (κ3) is 11.7. The van der Waals surface area contributed by atoms with Gasteiger partial charge in [0.2, 0.25) is 0 Å². The van der Waals surface area contributed by atoms with Gasteiger partial charge in [-0.05, 0) is 12.8 Å². The lowest BCUT2D eigenvalue weighted by Gasteiger charge is -2.24. The van der Waals surface area contributed by atoms with Gasteiger partial charge in [-0.15, -0.1) is 0 Å². The summed E-state index contributed by atoms with van der Waals surface area (Å²) in [4.78, 5) is 0. The first kappa shape index (κ1) is 27.2. The van der Waals surface area contributed by atoms with Crippen LogP contribution in [0.4, 0.5) is 0 Å². The van der Waals surface area contributed by atoms with Gasteiger partial charge >= 0.3 is 17.9 Å². The molecule has 0 spiro atoms. The summed E-state index contributed by atoms with van der Waals surface area (Å²) in [5.74, 6) is 0. The van der Waals surface area contributed by atoms with Gasteiger partial charge in [-0.2, -0.15) is 0 Å². The summed E-state index contributed by atoms with van der Waals surface area (Å²) in [6.45, 7) is 0.622. The summed E-state index contributed by atoms with van der Waals surface area (Å²) in [6.07, 6.45) is 12.2. The van der Waals surface area contributed by atoms with Crippen molar-refractivity contribution in [2.45, 2.75) is 70.3 Å². The van der Waals surface area contributed by atoms with E-state index in [1.54, 1.807) is 42.7 Å². The molecule has 27 heavy (non-hydrogen) atoms. The molecular weight excluding hydrogens is 384 g/mol. The molecule has 0 rings (SSSR count). The third-order valence-corrected chi connectivity index (χ3v) is 9.73. The van der Waals surface area contributed by atoms with Crippen LogP contribution in [-0.4, -0.2) is 67.1 Å². The highest BCUT2D eigenvalue weighted by Crippen LogP contribution is 2.18. The molecule has 0 aliphatic heterocycles. The van der Waals surface area contributed by atoms with Crippen molar-refractivity contribution in [2.24, 2.45) is 0 Å². The Kier molecular flexibility index (Phi) is 17.1. The number of rotatable bonds is 20. The zero-order valence-electron chi connectivity index (χ0n) is 18.3. The predicted molar refractivity (Wildman–Crippen MR) is 110 cm³/mol. The van der Waals surface area contributed by atoms with Crippen LogP contribution in [0.3, 0.4) is 0 Å². The fourth-order valence-corrected chi connectivity index (χ4v) is 6.08. The van der Waals surface area contributed by atoms with E-state index in [-0.39, 0.29) is 0 Å². The van der Waals surface area contributed by atoms with Crippen LogP contribution in [0.25, 0.3) is 0 Å². The summed E-state index contributed by atoms with van der Waals surface area (Å²) in [5, 5.41) is 0. The smallest absolute Gasteiger partial charge is 0.377 e. The van der Waals surface area contributed by atoms with E-state index in [0.29, 0.717) is 6.61 Å². The topological polar surface area (TPSA) is 64.6 Å². The molecule has 0 saturated heterocycles. The Labute approximate surface area is 168 Å². The summed E-state index contributed by atoms with van der Waals surface area (Å²) in [6, 6.07) is 0.901. The summed E-state index contributed by atoms with van der Waals surface area (Å²) >= 11 is 0. The molecule has 0 heterocycles. The van der Waals surface area contributed by atoms with E-state index >= 15 is 0 Å². The van der Waals surface area contributed by atoms with Crippen molar-refractivity contribution >= 4 is 17.9 Å². The van der Waals surface area contributed by atoms with Crippen molar-refractivity contribution < 1.29 is 31.0 Å². The first-order valence-corrected chi connectivity index (χ1v) is 13.6. The first-order chi connectivity index (χ1) is 13.1. The average molecular weight is 427 g/mol. The minimum absolute atomic E-state index is 0.622. The quantitative estimate of drug-likeness (QED) is 0.214. The molecule has 164 valence electrons. The molecule has 0 N–H and O–H groups in total. The van der Waals surface area contributed by atoms with E-state index in [1.807, 2.05) is 0 Å². The van der Waals surface area contributed by atoms with Crippen LogP contribution in [0.2, 0.25) is 6.04 Å². The molecule has 0 radical (unpaired) electrons. The van der Waals surface area contributed by atoms with Gasteiger partial charge in [-0.1, -0.05) is 51.4 Å². The van der Waals surface area contributed by atoms with Crippen LogP contribution in [0, 0.1) is 0 Å². The van der Waals surface area contributed by atoms with Crippen LogP contribution in [0.5, 0.6) is 0 Å². The molecule has 0 fully saturated rings. The highest BCUT2D eigenvalue weighted by Gasteiger charge is 2.41. The maximum atomic E-state index is 5.66. The molecule has 7 nitrogen and oxygen atoms in total. The highest BCUT2D eigenvalue weighted by molar-refractivity contribution is 6.60. The zero-order valence-corrected chi connectivity index (χ0v) is 20.3. The average Bonchev–Trinajstić information content (AvgIpc) is 2.72. The van der Waals surface area contributed by atoms with Crippen LogP contribution < -0.4 is 0 Å². The van der Waals surface area contributed by atoms with E-state index in [1.165, 1.54) is 51.4 Å². The molecule has 0 amide bonds. The minimum Gasteiger partial charge on any atom is -0.377 e. The number of hydrogen-bond acceptors (Lipinski definition) is 7. The van der Waals surface area contributed by atoms with Crippen molar-refractivity contribution in [1.29, 1.82) is 0 Å². The summed E-state index contributed by atoms with van der Waals surface area (Å²) < 4.78 is 37.7. The second kappa shape index (κ2) is 17.0. The molecule has 0 aromatic carbocycles. The Morgan fingerprint density at radius 2 is 0.815 bits per heavy atom. The van der Waals surface area contributed by atoms with E-state index in [0.717, 1.165) is 18.9 Å². The van der Waals surface area contributed by atoms with E-state index in [2.05, 4.69) is 0 Å². The fourth-order valence-electron chi connectivity index (χ4n) is 3.04. The maximum absolute atomic E-state index is 5.66. The fraction of sp³-hybridized carbons (Fsp3) is 1.00. The lowest BCUT2D eigenvalue weighted by Crippen LogP contribution is -2.46. The first-order valence-electron chi connectivity index (χ1n) is 10.0. The van der Waals surface area contributed by atoms with E-state index in [9.17, 15) is 0 Å². The molecule has 0 saturated carbocycles. The second-order valence-electron chi connectivity index (χ2n) is 6.54. The monoisotopic (exact) mass is 426 g/mol. The van der Waals surface area contributed by atoms with Crippen LogP contribution in [0.1, 0.15) is 64.2 Å². The molecule has 0 atom stereocenters. The van der Waals surface area contributed by atoms with E-state index < -0.39 is 17.9 Å². The van der Waals surface area contributed by atoms with Gasteiger partial charge in [0.15, 0.2) is 0 Å². The zero-order chi connectivity index (χ0) is 20.4. The SMILES string of the molecule is CO[Si](CCCCCCCCCCCCO[Si](OC)(OC)OC)(OC)OC. The minimum atomic E-state index is -2.86. The van der Waals surface area contributed by atoms with Gasteiger partial charge in [0.1, 0.15) is 0 Å². The van der Waals surface area contributed by atoms with Gasteiger partial charge in [0, 0.05) is 55.3 Å². The Bertz CT molecular complexity index is 280. The molecule has 0 aliphatic rings. The van der Waals surface area contributed by atoms with E-state index in [4.69, 9.17) is 31.0 Å². The highest BCUT2D eigenvalue weighted by atomic mass is 28.4. The molecule has 0 aromatic heterocycles. The number of hydrogen-bond donors (Lipinski definition) is 0. The molecule has 0 aromatic rings. The van der Waals surface area contributed by atoms with Gasteiger partial charge in [-0.25, -0.2) is 0 Å². The molecule has 0 bridgehead atoms.